The third-order valence-corrected chi connectivity index (χ3v) is 8.38. The molecule has 0 heterocycles. The van der Waals surface area contributed by atoms with E-state index in [1.54, 1.807) is 0 Å². The van der Waals surface area contributed by atoms with Gasteiger partial charge in [-0.1, -0.05) is 133 Å². The lowest BCUT2D eigenvalue weighted by Gasteiger charge is -2.18. The van der Waals surface area contributed by atoms with Crippen LogP contribution in [0.3, 0.4) is 0 Å². The van der Waals surface area contributed by atoms with Crippen molar-refractivity contribution in [1.29, 1.82) is 0 Å². The lowest BCUT2D eigenvalue weighted by Crippen LogP contribution is -2.47. The number of hydrogen-bond donors (Lipinski definition) is 3. The Morgan fingerprint density at radius 2 is 0.978 bits per heavy atom. The molecule has 0 fully saturated rings. The highest BCUT2D eigenvalue weighted by atomic mass is 16.2. The smallest absolute Gasteiger partial charge is 0.242 e. The van der Waals surface area contributed by atoms with Crippen molar-refractivity contribution in [2.24, 2.45) is 5.73 Å². The molecule has 0 aliphatic carbocycles. The van der Waals surface area contributed by atoms with Gasteiger partial charge < -0.3 is 16.4 Å². The normalized spacial score (nSPS) is 12.7. The Labute approximate surface area is 285 Å². The molecule has 0 saturated heterocycles. The van der Waals surface area contributed by atoms with Gasteiger partial charge in [0.15, 0.2) is 0 Å². The summed E-state index contributed by atoms with van der Waals surface area (Å²) in [4.78, 5) is 25.3. The zero-order valence-corrected chi connectivity index (χ0v) is 30.4. The number of allylic oxidation sites excluding steroid dienone is 8. The number of rotatable bonds is 34. The number of carbonyl (C=O) groups is 2. The Balaban J connectivity index is 3.84. The SMILES string of the molecule is CCCCC/C=C\C/C=C\CCCCCCCCNC(=O)C(CCCN)NC(=O)CCCCCCC/C=C\C/C=C\CCCCC. The maximum atomic E-state index is 12.8. The van der Waals surface area contributed by atoms with Crippen LogP contribution in [-0.4, -0.2) is 30.9 Å². The highest BCUT2D eigenvalue weighted by Gasteiger charge is 2.19. The van der Waals surface area contributed by atoms with Crippen LogP contribution >= 0.6 is 0 Å². The van der Waals surface area contributed by atoms with Crippen molar-refractivity contribution in [3.63, 3.8) is 0 Å². The quantitative estimate of drug-likeness (QED) is 0.0483. The first kappa shape index (κ1) is 43.9. The van der Waals surface area contributed by atoms with Crippen LogP contribution in [0.25, 0.3) is 0 Å². The molecule has 2 amide bonds. The second-order valence-electron chi connectivity index (χ2n) is 12.9. The molecule has 0 aliphatic rings. The van der Waals surface area contributed by atoms with Crippen LogP contribution in [0.1, 0.15) is 181 Å². The van der Waals surface area contributed by atoms with Gasteiger partial charge in [-0.05, 0) is 96.4 Å². The average Bonchev–Trinajstić information content (AvgIpc) is 3.06. The van der Waals surface area contributed by atoms with Crippen molar-refractivity contribution in [2.45, 2.75) is 187 Å². The molecular formula is C41H75N3O2. The highest BCUT2D eigenvalue weighted by molar-refractivity contribution is 5.87. The topological polar surface area (TPSA) is 84.2 Å². The Kier molecular flexibility index (Phi) is 35.6. The van der Waals surface area contributed by atoms with E-state index in [0.29, 0.717) is 25.9 Å². The minimum absolute atomic E-state index is 0.0171. The van der Waals surface area contributed by atoms with Gasteiger partial charge in [0.2, 0.25) is 11.8 Å². The molecule has 0 aromatic rings. The van der Waals surface area contributed by atoms with E-state index in [1.807, 2.05) is 0 Å². The van der Waals surface area contributed by atoms with Crippen molar-refractivity contribution >= 4 is 11.8 Å². The maximum absolute atomic E-state index is 12.8. The highest BCUT2D eigenvalue weighted by Crippen LogP contribution is 2.10. The third-order valence-electron chi connectivity index (χ3n) is 8.38. The summed E-state index contributed by atoms with van der Waals surface area (Å²) in [5, 5.41) is 6.03. The van der Waals surface area contributed by atoms with Gasteiger partial charge in [0, 0.05) is 13.0 Å². The maximum Gasteiger partial charge on any atom is 0.242 e. The summed E-state index contributed by atoms with van der Waals surface area (Å²) in [6, 6.07) is -0.473. The predicted molar refractivity (Wildman–Crippen MR) is 202 cm³/mol. The second kappa shape index (κ2) is 37.3. The molecule has 1 atom stereocenters. The van der Waals surface area contributed by atoms with E-state index >= 15 is 0 Å². The van der Waals surface area contributed by atoms with Gasteiger partial charge in [-0.3, -0.25) is 9.59 Å². The van der Waals surface area contributed by atoms with Crippen LogP contribution in [0, 0.1) is 0 Å². The molecule has 0 aliphatic heterocycles. The van der Waals surface area contributed by atoms with Crippen molar-refractivity contribution in [2.75, 3.05) is 13.1 Å². The number of unbranched alkanes of at least 4 members (excludes halogenated alkanes) is 17. The standard InChI is InChI=1S/C41H75N3O2/c1-3-5-7-9-11-13-15-17-19-21-23-25-27-29-31-33-38-43-41(46)39(35-34-37-42)44-40(45)36-32-30-28-26-24-22-20-18-16-14-12-10-8-6-4-2/h11-14,17-20,39H,3-10,15-16,21-38,42H2,1-2H3,(H,43,46)(H,44,45)/b13-11-,14-12-,19-17-,20-18-. The fraction of sp³-hybridized carbons (Fsp3) is 0.756. The van der Waals surface area contributed by atoms with E-state index < -0.39 is 6.04 Å². The summed E-state index contributed by atoms with van der Waals surface area (Å²) in [5.74, 6) is -0.0824. The molecule has 0 bridgehead atoms. The summed E-state index contributed by atoms with van der Waals surface area (Å²) in [7, 11) is 0. The Morgan fingerprint density at radius 1 is 0.543 bits per heavy atom. The fourth-order valence-corrected chi connectivity index (χ4v) is 5.40. The first-order chi connectivity index (χ1) is 22.7. The minimum atomic E-state index is -0.473. The minimum Gasteiger partial charge on any atom is -0.354 e. The molecule has 0 saturated carbocycles. The largest absolute Gasteiger partial charge is 0.354 e. The van der Waals surface area contributed by atoms with E-state index in [4.69, 9.17) is 5.73 Å². The lowest BCUT2D eigenvalue weighted by atomic mass is 10.1. The molecule has 266 valence electrons. The number of hydrogen-bond acceptors (Lipinski definition) is 3. The third kappa shape index (κ3) is 33.2. The van der Waals surface area contributed by atoms with Crippen molar-refractivity contribution < 1.29 is 9.59 Å². The number of nitrogens with one attached hydrogen (secondary N) is 2. The van der Waals surface area contributed by atoms with Crippen LogP contribution in [0.15, 0.2) is 48.6 Å². The Bertz CT molecular complexity index is 787. The number of nitrogens with two attached hydrogens (primary N) is 1. The van der Waals surface area contributed by atoms with Crippen LogP contribution in [-0.2, 0) is 9.59 Å². The molecule has 0 radical (unpaired) electrons. The number of amides is 2. The number of carbonyl (C=O) groups excluding carboxylic acids is 2. The monoisotopic (exact) mass is 642 g/mol. The molecule has 4 N–H and O–H groups in total. The Morgan fingerprint density at radius 3 is 1.46 bits per heavy atom. The summed E-state index contributed by atoms with van der Waals surface area (Å²) in [5.41, 5.74) is 5.69. The zero-order chi connectivity index (χ0) is 33.6. The molecule has 0 aromatic heterocycles. The Hall–Kier alpha value is -2.14. The van der Waals surface area contributed by atoms with Gasteiger partial charge in [-0.2, -0.15) is 0 Å². The van der Waals surface area contributed by atoms with Gasteiger partial charge in [0.05, 0.1) is 0 Å². The van der Waals surface area contributed by atoms with Crippen LogP contribution in [0.2, 0.25) is 0 Å². The molecule has 5 heteroatoms. The van der Waals surface area contributed by atoms with Gasteiger partial charge in [0.25, 0.3) is 0 Å². The van der Waals surface area contributed by atoms with Crippen molar-refractivity contribution in [3.05, 3.63) is 48.6 Å². The van der Waals surface area contributed by atoms with Gasteiger partial charge in [-0.15, -0.1) is 0 Å². The van der Waals surface area contributed by atoms with Crippen LogP contribution in [0.5, 0.6) is 0 Å². The molecule has 5 nitrogen and oxygen atoms in total. The van der Waals surface area contributed by atoms with Gasteiger partial charge in [0.1, 0.15) is 6.04 Å². The average molecular weight is 642 g/mol. The lowest BCUT2D eigenvalue weighted by molar-refractivity contribution is -0.129. The van der Waals surface area contributed by atoms with Crippen LogP contribution < -0.4 is 16.4 Å². The summed E-state index contributed by atoms with van der Waals surface area (Å²) in [6.07, 6.45) is 47.5. The molecule has 0 spiro atoms. The molecular weight excluding hydrogens is 566 g/mol. The predicted octanol–water partition coefficient (Wildman–Crippen LogP) is 11.0. The molecule has 0 rings (SSSR count). The zero-order valence-electron chi connectivity index (χ0n) is 30.4. The first-order valence-electron chi connectivity index (χ1n) is 19.5. The second-order valence-corrected chi connectivity index (χ2v) is 12.9. The summed E-state index contributed by atoms with van der Waals surface area (Å²) >= 11 is 0. The van der Waals surface area contributed by atoms with Crippen LogP contribution in [0.4, 0.5) is 0 Å². The van der Waals surface area contributed by atoms with Crippen molar-refractivity contribution in [1.82, 2.24) is 10.6 Å². The van der Waals surface area contributed by atoms with E-state index in [1.165, 1.54) is 96.3 Å². The molecule has 1 unspecified atom stereocenters. The van der Waals surface area contributed by atoms with E-state index in [0.717, 1.165) is 57.8 Å². The van der Waals surface area contributed by atoms with E-state index in [2.05, 4.69) is 73.1 Å². The van der Waals surface area contributed by atoms with E-state index in [9.17, 15) is 9.59 Å². The molecule has 46 heavy (non-hydrogen) atoms. The van der Waals surface area contributed by atoms with Crippen molar-refractivity contribution in [3.8, 4) is 0 Å². The summed E-state index contributed by atoms with van der Waals surface area (Å²) in [6.45, 7) is 5.69. The first-order valence-corrected chi connectivity index (χ1v) is 19.5. The van der Waals surface area contributed by atoms with Gasteiger partial charge >= 0.3 is 0 Å². The van der Waals surface area contributed by atoms with E-state index in [-0.39, 0.29) is 11.8 Å². The van der Waals surface area contributed by atoms with Gasteiger partial charge in [-0.25, -0.2) is 0 Å². The fourth-order valence-electron chi connectivity index (χ4n) is 5.40. The molecule has 0 aromatic carbocycles. The summed E-state index contributed by atoms with van der Waals surface area (Å²) < 4.78 is 0.